The van der Waals surface area contributed by atoms with E-state index in [0.717, 1.165) is 0 Å². The molecular formula is C11H19N3O4. The molecule has 3 amide bonds. The summed E-state index contributed by atoms with van der Waals surface area (Å²) in [5.74, 6) is -1.18. The molecule has 0 atom stereocenters. The normalized spacial score (nSPS) is 19.2. The van der Waals surface area contributed by atoms with Crippen LogP contribution in [0.15, 0.2) is 0 Å². The van der Waals surface area contributed by atoms with Gasteiger partial charge >= 0.3 is 12.0 Å². The Balaban J connectivity index is 2.30. The predicted octanol–water partition coefficient (Wildman–Crippen LogP) is -0.242. The zero-order valence-corrected chi connectivity index (χ0v) is 10.4. The number of carboxylic acids is 1. The molecule has 0 aromatic carbocycles. The van der Waals surface area contributed by atoms with Crippen molar-refractivity contribution < 1.29 is 19.5 Å². The van der Waals surface area contributed by atoms with Crippen molar-refractivity contribution in [3.05, 3.63) is 0 Å². The molecule has 0 radical (unpaired) electrons. The minimum absolute atomic E-state index is 0.187. The Morgan fingerprint density at radius 2 is 1.89 bits per heavy atom. The molecule has 0 saturated carbocycles. The second-order valence-corrected chi connectivity index (χ2v) is 4.87. The molecule has 18 heavy (non-hydrogen) atoms. The van der Waals surface area contributed by atoms with Crippen LogP contribution in [0.4, 0.5) is 4.79 Å². The maximum absolute atomic E-state index is 11.2. The molecule has 4 N–H and O–H groups in total. The molecule has 1 heterocycles. The first-order valence-corrected chi connectivity index (χ1v) is 5.88. The second kappa shape index (κ2) is 5.81. The van der Waals surface area contributed by atoms with Crippen molar-refractivity contribution in [2.45, 2.75) is 26.2 Å². The summed E-state index contributed by atoms with van der Waals surface area (Å²) in [6.45, 7) is 3.54. The van der Waals surface area contributed by atoms with Crippen LogP contribution in [0.25, 0.3) is 0 Å². The summed E-state index contributed by atoms with van der Waals surface area (Å²) in [5.41, 5.74) is 4.16. The highest BCUT2D eigenvalue weighted by molar-refractivity contribution is 5.93. The highest BCUT2D eigenvalue weighted by Gasteiger charge is 2.36. The number of hydrogen-bond acceptors (Lipinski definition) is 4. The molecular weight excluding hydrogens is 238 g/mol. The highest BCUT2D eigenvalue weighted by Crippen LogP contribution is 2.30. The lowest BCUT2D eigenvalue weighted by Gasteiger charge is -2.36. The number of imide groups is 1. The van der Waals surface area contributed by atoms with Gasteiger partial charge in [0.1, 0.15) is 0 Å². The molecule has 1 saturated heterocycles. The first-order chi connectivity index (χ1) is 8.33. The molecule has 0 spiro atoms. The molecule has 0 aromatic rings. The van der Waals surface area contributed by atoms with Gasteiger partial charge in [-0.15, -0.1) is 0 Å². The Labute approximate surface area is 105 Å². The van der Waals surface area contributed by atoms with Gasteiger partial charge in [0.25, 0.3) is 0 Å². The van der Waals surface area contributed by atoms with Crippen LogP contribution in [0.2, 0.25) is 0 Å². The van der Waals surface area contributed by atoms with Crippen LogP contribution in [-0.2, 0) is 9.59 Å². The van der Waals surface area contributed by atoms with Crippen molar-refractivity contribution in [3.8, 4) is 0 Å². The van der Waals surface area contributed by atoms with Gasteiger partial charge < -0.3 is 15.7 Å². The van der Waals surface area contributed by atoms with Crippen LogP contribution < -0.4 is 11.1 Å². The Bertz CT molecular complexity index is 348. The summed E-state index contributed by atoms with van der Waals surface area (Å²) < 4.78 is 0. The highest BCUT2D eigenvalue weighted by atomic mass is 16.4. The summed E-state index contributed by atoms with van der Waals surface area (Å²) in [4.78, 5) is 34.7. The summed E-state index contributed by atoms with van der Waals surface area (Å²) in [6, 6.07) is -0.850. The Hall–Kier alpha value is -1.63. The van der Waals surface area contributed by atoms with E-state index in [0.29, 0.717) is 32.5 Å². The van der Waals surface area contributed by atoms with Crippen molar-refractivity contribution >= 4 is 17.9 Å². The van der Waals surface area contributed by atoms with Gasteiger partial charge in [0, 0.05) is 13.0 Å². The minimum Gasteiger partial charge on any atom is -0.481 e. The monoisotopic (exact) mass is 257 g/mol. The molecule has 1 aliphatic heterocycles. The third kappa shape index (κ3) is 3.99. The fourth-order valence-corrected chi connectivity index (χ4v) is 1.94. The number of carbonyl (C=O) groups is 3. The number of primary amides is 1. The van der Waals surface area contributed by atoms with Crippen LogP contribution in [-0.4, -0.2) is 47.5 Å². The van der Waals surface area contributed by atoms with Crippen molar-refractivity contribution in [1.29, 1.82) is 0 Å². The number of carbonyl (C=O) groups excluding carboxylic acids is 2. The zero-order chi connectivity index (χ0) is 13.8. The van der Waals surface area contributed by atoms with Gasteiger partial charge in [0.15, 0.2) is 0 Å². The van der Waals surface area contributed by atoms with Gasteiger partial charge in [0.05, 0.1) is 5.41 Å². The molecule has 102 valence electrons. The molecule has 7 nitrogen and oxygen atoms in total. The van der Waals surface area contributed by atoms with E-state index in [9.17, 15) is 14.4 Å². The van der Waals surface area contributed by atoms with Crippen molar-refractivity contribution in [3.63, 3.8) is 0 Å². The lowest BCUT2D eigenvalue weighted by Crippen LogP contribution is -2.44. The van der Waals surface area contributed by atoms with Gasteiger partial charge in [-0.3, -0.25) is 14.9 Å². The summed E-state index contributed by atoms with van der Waals surface area (Å²) in [7, 11) is 0. The summed E-state index contributed by atoms with van der Waals surface area (Å²) >= 11 is 0. The molecule has 1 fully saturated rings. The number of nitrogens with one attached hydrogen (secondary N) is 1. The molecule has 1 rings (SSSR count). The number of carboxylic acid groups (broad SMARTS) is 1. The number of likely N-dealkylation sites (tertiary alicyclic amines) is 1. The maximum atomic E-state index is 11.2. The third-order valence-corrected chi connectivity index (χ3v) is 3.39. The fourth-order valence-electron chi connectivity index (χ4n) is 1.94. The standard InChI is InChI=1S/C11H19N3O4/c1-11(9(16)17)3-6-14(7-4-11)5-2-8(15)13-10(12)18/h2-7H2,1H3,(H,16,17)(H3,12,13,15,18). The quantitative estimate of drug-likeness (QED) is 0.643. The SMILES string of the molecule is CC1(C(=O)O)CCN(CCC(=O)NC(N)=O)CC1. The van der Waals surface area contributed by atoms with E-state index in [-0.39, 0.29) is 6.42 Å². The average molecular weight is 257 g/mol. The van der Waals surface area contributed by atoms with Crippen molar-refractivity contribution in [2.24, 2.45) is 11.1 Å². The number of nitrogens with zero attached hydrogens (tertiary/aromatic N) is 1. The van der Waals surface area contributed by atoms with Gasteiger partial charge in [-0.1, -0.05) is 0 Å². The molecule has 1 aliphatic rings. The number of aliphatic carboxylic acids is 1. The van der Waals surface area contributed by atoms with Crippen LogP contribution in [0.1, 0.15) is 26.2 Å². The first-order valence-electron chi connectivity index (χ1n) is 5.88. The summed E-state index contributed by atoms with van der Waals surface area (Å²) in [6.07, 6.45) is 1.33. The average Bonchev–Trinajstić information content (AvgIpc) is 2.27. The maximum Gasteiger partial charge on any atom is 0.318 e. The van der Waals surface area contributed by atoms with E-state index < -0.39 is 23.3 Å². The van der Waals surface area contributed by atoms with Crippen LogP contribution in [0.3, 0.4) is 0 Å². The number of hydrogen-bond donors (Lipinski definition) is 3. The predicted molar refractivity (Wildman–Crippen MR) is 63.8 cm³/mol. The molecule has 0 aromatic heterocycles. The third-order valence-electron chi connectivity index (χ3n) is 3.39. The number of piperidine rings is 1. The lowest BCUT2D eigenvalue weighted by atomic mass is 9.80. The topological polar surface area (TPSA) is 113 Å². The van der Waals surface area contributed by atoms with E-state index in [4.69, 9.17) is 10.8 Å². The first kappa shape index (κ1) is 14.4. The Morgan fingerprint density at radius 1 is 1.33 bits per heavy atom. The van der Waals surface area contributed by atoms with E-state index in [2.05, 4.69) is 0 Å². The molecule has 7 heteroatoms. The van der Waals surface area contributed by atoms with Crippen molar-refractivity contribution in [1.82, 2.24) is 10.2 Å². The van der Waals surface area contributed by atoms with E-state index >= 15 is 0 Å². The largest absolute Gasteiger partial charge is 0.481 e. The van der Waals surface area contributed by atoms with E-state index in [1.807, 2.05) is 10.2 Å². The Kier molecular flexibility index (Phi) is 4.66. The van der Waals surface area contributed by atoms with Crippen LogP contribution in [0, 0.1) is 5.41 Å². The molecule has 0 aliphatic carbocycles. The number of rotatable bonds is 4. The van der Waals surface area contributed by atoms with Crippen LogP contribution >= 0.6 is 0 Å². The lowest BCUT2D eigenvalue weighted by molar-refractivity contribution is -0.150. The molecule has 0 unspecified atom stereocenters. The number of urea groups is 1. The smallest absolute Gasteiger partial charge is 0.318 e. The number of nitrogens with two attached hydrogens (primary N) is 1. The molecule has 0 bridgehead atoms. The van der Waals surface area contributed by atoms with Gasteiger partial charge in [0.2, 0.25) is 5.91 Å². The fraction of sp³-hybridized carbons (Fsp3) is 0.727. The van der Waals surface area contributed by atoms with E-state index in [1.54, 1.807) is 6.92 Å². The van der Waals surface area contributed by atoms with Gasteiger partial charge in [-0.2, -0.15) is 0 Å². The van der Waals surface area contributed by atoms with Gasteiger partial charge in [-0.05, 0) is 32.9 Å². The van der Waals surface area contributed by atoms with Crippen molar-refractivity contribution in [2.75, 3.05) is 19.6 Å². The second-order valence-electron chi connectivity index (χ2n) is 4.87. The van der Waals surface area contributed by atoms with Crippen LogP contribution in [0.5, 0.6) is 0 Å². The van der Waals surface area contributed by atoms with E-state index in [1.165, 1.54) is 0 Å². The minimum atomic E-state index is -0.850. The Morgan fingerprint density at radius 3 is 2.33 bits per heavy atom. The number of amides is 3. The van der Waals surface area contributed by atoms with Gasteiger partial charge in [-0.25, -0.2) is 4.79 Å². The summed E-state index contributed by atoms with van der Waals surface area (Å²) in [5, 5.41) is 11.1. The zero-order valence-electron chi connectivity index (χ0n) is 10.4.